The molecular weight excluding hydrogens is 324 g/mol. The summed E-state index contributed by atoms with van der Waals surface area (Å²) in [4.78, 5) is 18.9. The molecule has 0 saturated carbocycles. The van der Waals surface area contributed by atoms with Crippen molar-refractivity contribution in [3.8, 4) is 11.3 Å². The first kappa shape index (κ1) is 15.5. The fourth-order valence-corrected chi connectivity index (χ4v) is 3.20. The number of nitrogens with zero attached hydrogens (tertiary/aromatic N) is 1. The lowest BCUT2D eigenvalue weighted by atomic mass is 9.95. The molecule has 0 unspecified atom stereocenters. The lowest BCUT2D eigenvalue weighted by Gasteiger charge is -2.13. The van der Waals surface area contributed by atoms with Gasteiger partial charge in [-0.3, -0.25) is 4.79 Å². The van der Waals surface area contributed by atoms with Gasteiger partial charge in [0.1, 0.15) is 0 Å². The van der Waals surface area contributed by atoms with E-state index in [1.54, 1.807) is 0 Å². The first-order valence-electron chi connectivity index (χ1n) is 8.05. The molecule has 1 aliphatic rings. The fraction of sp³-hybridized carbons (Fsp3) is 0.158. The summed E-state index contributed by atoms with van der Waals surface area (Å²) in [7, 11) is 0. The van der Waals surface area contributed by atoms with Crippen LogP contribution in [0.4, 0.5) is 20.2 Å². The van der Waals surface area contributed by atoms with E-state index in [4.69, 9.17) is 0 Å². The van der Waals surface area contributed by atoms with Gasteiger partial charge in [0.2, 0.25) is 5.95 Å². The maximum Gasteiger partial charge on any atom is 0.213 e. The molecule has 0 bridgehead atoms. The number of nitrogens with one attached hydrogen (secondary N) is 2. The summed E-state index contributed by atoms with van der Waals surface area (Å²) < 4.78 is 27.8. The Kier molecular flexibility index (Phi) is 3.80. The summed E-state index contributed by atoms with van der Waals surface area (Å²) >= 11 is 0. The number of ketones is 1. The van der Waals surface area contributed by atoms with Gasteiger partial charge in [-0.05, 0) is 25.0 Å². The molecule has 0 saturated heterocycles. The van der Waals surface area contributed by atoms with Crippen molar-refractivity contribution >= 4 is 17.2 Å². The number of H-pyrrole nitrogens is 1. The summed E-state index contributed by atoms with van der Waals surface area (Å²) in [5.74, 6) is -1.43. The summed E-state index contributed by atoms with van der Waals surface area (Å²) in [6.07, 6.45) is 2.73. The molecule has 2 heterocycles. The highest BCUT2D eigenvalue weighted by Crippen LogP contribution is 2.39. The third-order valence-electron chi connectivity index (χ3n) is 4.32. The first-order valence-corrected chi connectivity index (χ1v) is 8.05. The summed E-state index contributed by atoms with van der Waals surface area (Å²) in [6.45, 7) is 0. The molecule has 2 aromatic heterocycles. The van der Waals surface area contributed by atoms with Gasteiger partial charge in [0.25, 0.3) is 0 Å². The van der Waals surface area contributed by atoms with Crippen LogP contribution in [0.25, 0.3) is 11.3 Å². The van der Waals surface area contributed by atoms with Crippen LogP contribution < -0.4 is 5.32 Å². The normalized spacial score (nSPS) is 13.6. The Morgan fingerprint density at radius 3 is 2.72 bits per heavy atom. The van der Waals surface area contributed by atoms with Crippen LogP contribution in [0.5, 0.6) is 0 Å². The molecule has 3 aromatic rings. The molecule has 1 aromatic carbocycles. The lowest BCUT2D eigenvalue weighted by molar-refractivity contribution is 0.0973. The van der Waals surface area contributed by atoms with Gasteiger partial charge in [0.15, 0.2) is 11.6 Å². The van der Waals surface area contributed by atoms with Crippen molar-refractivity contribution in [2.75, 3.05) is 5.32 Å². The highest BCUT2D eigenvalue weighted by Gasteiger charge is 2.28. The number of fused-ring (bicyclic) bond motifs is 1. The number of carbonyl (C=O) groups is 1. The molecule has 0 atom stereocenters. The van der Waals surface area contributed by atoms with Gasteiger partial charge in [-0.15, -0.1) is 0 Å². The van der Waals surface area contributed by atoms with Crippen LogP contribution in [-0.4, -0.2) is 15.8 Å². The predicted octanol–water partition coefficient (Wildman–Crippen LogP) is 4.62. The van der Waals surface area contributed by atoms with Crippen molar-refractivity contribution in [3.05, 3.63) is 65.6 Å². The molecule has 0 fully saturated rings. The van der Waals surface area contributed by atoms with E-state index in [9.17, 15) is 13.6 Å². The van der Waals surface area contributed by atoms with Crippen LogP contribution in [0.2, 0.25) is 0 Å². The van der Waals surface area contributed by atoms with E-state index in [2.05, 4.69) is 15.3 Å². The number of hydrogen-bond acceptors (Lipinski definition) is 3. The Hall–Kier alpha value is -3.02. The highest BCUT2D eigenvalue weighted by molar-refractivity contribution is 6.07. The number of para-hydroxylation sites is 1. The number of aryl methyl sites for hydroxylation is 1. The van der Waals surface area contributed by atoms with Crippen LogP contribution in [0, 0.1) is 11.8 Å². The number of hydrogen-bond donors (Lipinski definition) is 2. The Morgan fingerprint density at radius 1 is 1.12 bits per heavy atom. The number of carbonyl (C=O) groups excluding carboxylic acids is 1. The van der Waals surface area contributed by atoms with Crippen LogP contribution in [0.15, 0.2) is 42.6 Å². The largest absolute Gasteiger partial charge is 0.356 e. The Labute approximate surface area is 142 Å². The monoisotopic (exact) mass is 339 g/mol. The second kappa shape index (κ2) is 6.12. The molecule has 0 aliphatic heterocycles. The number of anilines is 2. The second-order valence-corrected chi connectivity index (χ2v) is 5.98. The van der Waals surface area contributed by atoms with E-state index in [1.165, 1.54) is 0 Å². The van der Waals surface area contributed by atoms with E-state index >= 15 is 0 Å². The van der Waals surface area contributed by atoms with Crippen molar-refractivity contribution in [2.45, 2.75) is 19.3 Å². The zero-order chi connectivity index (χ0) is 17.4. The number of rotatable bonds is 3. The first-order chi connectivity index (χ1) is 12.1. The number of halogens is 2. The molecule has 0 radical (unpaired) electrons. The topological polar surface area (TPSA) is 57.8 Å². The molecule has 4 rings (SSSR count). The van der Waals surface area contributed by atoms with E-state index in [1.807, 2.05) is 30.3 Å². The minimum atomic E-state index is -0.777. The smallest absolute Gasteiger partial charge is 0.213 e. The van der Waals surface area contributed by atoms with Gasteiger partial charge in [-0.2, -0.15) is 4.39 Å². The zero-order valence-corrected chi connectivity index (χ0v) is 13.3. The number of benzene rings is 1. The van der Waals surface area contributed by atoms with Gasteiger partial charge < -0.3 is 10.3 Å². The molecule has 1 aliphatic carbocycles. The molecule has 2 N–H and O–H groups in total. The zero-order valence-electron chi connectivity index (χ0n) is 13.3. The quantitative estimate of drug-likeness (QED) is 0.685. The van der Waals surface area contributed by atoms with Crippen molar-refractivity contribution < 1.29 is 13.6 Å². The van der Waals surface area contributed by atoms with Crippen molar-refractivity contribution in [3.63, 3.8) is 0 Å². The molecular formula is C19H15F2N3O. The summed E-state index contributed by atoms with van der Waals surface area (Å²) in [5, 5.41) is 3.19. The number of aromatic amines is 1. The van der Waals surface area contributed by atoms with Crippen LogP contribution >= 0.6 is 0 Å². The summed E-state index contributed by atoms with van der Waals surface area (Å²) in [6, 6.07) is 10.3. The molecule has 25 heavy (non-hydrogen) atoms. The van der Waals surface area contributed by atoms with Gasteiger partial charge in [-0.25, -0.2) is 9.37 Å². The lowest BCUT2D eigenvalue weighted by Crippen LogP contribution is -2.10. The van der Waals surface area contributed by atoms with Crippen molar-refractivity contribution in [1.29, 1.82) is 0 Å². The van der Waals surface area contributed by atoms with E-state index < -0.39 is 11.8 Å². The van der Waals surface area contributed by atoms with Crippen molar-refractivity contribution in [1.82, 2.24) is 9.97 Å². The summed E-state index contributed by atoms with van der Waals surface area (Å²) in [5.41, 5.74) is 2.94. The number of aromatic nitrogens is 2. The molecule has 126 valence electrons. The predicted molar refractivity (Wildman–Crippen MR) is 90.9 cm³/mol. The Morgan fingerprint density at radius 2 is 1.92 bits per heavy atom. The average Bonchev–Trinajstić information content (AvgIpc) is 2.97. The number of Topliss-reactive ketones (excluding diaryl/α,β-unsaturated/α-hetero) is 1. The minimum Gasteiger partial charge on any atom is -0.356 e. The third kappa shape index (κ3) is 2.80. The van der Waals surface area contributed by atoms with Gasteiger partial charge in [0, 0.05) is 29.4 Å². The minimum absolute atomic E-state index is 0.00267. The van der Waals surface area contributed by atoms with Crippen LogP contribution in [0.3, 0.4) is 0 Å². The van der Waals surface area contributed by atoms with E-state index in [0.717, 1.165) is 30.1 Å². The average molecular weight is 339 g/mol. The van der Waals surface area contributed by atoms with Gasteiger partial charge in [-0.1, -0.05) is 18.2 Å². The van der Waals surface area contributed by atoms with Gasteiger partial charge in [0.05, 0.1) is 23.1 Å². The molecule has 4 nitrogen and oxygen atoms in total. The SMILES string of the molecule is O=C1CCCc2[nH]c(-c3cc(F)ncc3F)c(Nc3ccccc3)c21. The Bertz CT molecular complexity index is 951. The maximum atomic E-state index is 14.3. The van der Waals surface area contributed by atoms with Crippen LogP contribution in [0.1, 0.15) is 28.9 Å². The Balaban J connectivity index is 1.92. The fourth-order valence-electron chi connectivity index (χ4n) is 3.20. The maximum absolute atomic E-state index is 14.3. The number of pyridine rings is 1. The van der Waals surface area contributed by atoms with E-state index in [0.29, 0.717) is 29.8 Å². The highest BCUT2D eigenvalue weighted by atomic mass is 19.1. The second-order valence-electron chi connectivity index (χ2n) is 5.98. The standard InChI is InChI=1S/C19H15F2N3O/c20-13-10-22-16(21)9-12(13)18-19(23-11-5-2-1-3-6-11)17-14(24-18)7-4-8-15(17)25/h1-3,5-6,9-10,23-24H,4,7-8H2. The van der Waals surface area contributed by atoms with Gasteiger partial charge >= 0.3 is 0 Å². The molecule has 0 amide bonds. The van der Waals surface area contributed by atoms with E-state index in [-0.39, 0.29) is 11.3 Å². The third-order valence-corrected chi connectivity index (χ3v) is 4.32. The van der Waals surface area contributed by atoms with Crippen molar-refractivity contribution in [2.24, 2.45) is 0 Å². The van der Waals surface area contributed by atoms with Crippen LogP contribution in [-0.2, 0) is 6.42 Å². The molecule has 0 spiro atoms. The molecule has 6 heteroatoms.